The van der Waals surface area contributed by atoms with E-state index in [9.17, 15) is 4.79 Å². The Balaban J connectivity index is 2.06. The molecule has 1 aromatic heterocycles. The summed E-state index contributed by atoms with van der Waals surface area (Å²) in [5, 5.41) is 12.1. The first-order chi connectivity index (χ1) is 11.2. The highest BCUT2D eigenvalue weighted by molar-refractivity contribution is 5.74. The molecule has 23 heavy (non-hydrogen) atoms. The molecule has 6 heteroatoms. The van der Waals surface area contributed by atoms with Crippen LogP contribution in [0.2, 0.25) is 0 Å². The molecule has 2 amide bonds. The third-order valence-electron chi connectivity index (χ3n) is 3.66. The molecule has 1 unspecified atom stereocenters. The Hall–Kier alpha value is -2.34. The third-order valence-corrected chi connectivity index (χ3v) is 3.66. The minimum absolute atomic E-state index is 0.0298. The summed E-state index contributed by atoms with van der Waals surface area (Å²) in [5.74, 6) is 0. The molecule has 0 saturated heterocycles. The van der Waals surface area contributed by atoms with Gasteiger partial charge in [-0.1, -0.05) is 19.1 Å². The van der Waals surface area contributed by atoms with Crippen LogP contribution < -0.4 is 5.32 Å². The van der Waals surface area contributed by atoms with Crippen LogP contribution in [0, 0.1) is 0 Å². The fourth-order valence-corrected chi connectivity index (χ4v) is 2.43. The molecule has 2 rings (SSSR count). The van der Waals surface area contributed by atoms with Crippen molar-refractivity contribution in [3.63, 3.8) is 0 Å². The zero-order chi connectivity index (χ0) is 16.7. The molecule has 2 aromatic rings. The molecule has 0 radical (unpaired) electrons. The number of amides is 2. The van der Waals surface area contributed by atoms with Crippen molar-refractivity contribution < 1.29 is 9.90 Å². The lowest BCUT2D eigenvalue weighted by molar-refractivity contribution is 0.174. The monoisotopic (exact) mass is 316 g/mol. The van der Waals surface area contributed by atoms with E-state index >= 15 is 0 Å². The Labute approximate surface area is 136 Å². The molecular weight excluding hydrogens is 292 g/mol. The van der Waals surface area contributed by atoms with Crippen molar-refractivity contribution in [1.29, 1.82) is 0 Å². The molecule has 0 aliphatic heterocycles. The van der Waals surface area contributed by atoms with Crippen LogP contribution in [0.5, 0.6) is 0 Å². The first kappa shape index (κ1) is 17.0. The van der Waals surface area contributed by atoms with Crippen molar-refractivity contribution in [2.45, 2.75) is 26.3 Å². The number of aliphatic hydroxyl groups excluding tert-OH is 1. The average Bonchev–Trinajstić information content (AvgIpc) is 3.09. The van der Waals surface area contributed by atoms with Crippen LogP contribution in [-0.4, -0.2) is 45.3 Å². The number of benzene rings is 1. The Morgan fingerprint density at radius 3 is 2.91 bits per heavy atom. The van der Waals surface area contributed by atoms with E-state index in [1.54, 1.807) is 17.4 Å². The quantitative estimate of drug-likeness (QED) is 0.824. The number of hydrogen-bond donors (Lipinski definition) is 2. The van der Waals surface area contributed by atoms with Gasteiger partial charge in [0.2, 0.25) is 0 Å². The summed E-state index contributed by atoms with van der Waals surface area (Å²) < 4.78 is 1.92. The van der Waals surface area contributed by atoms with Crippen LogP contribution in [0.25, 0.3) is 5.69 Å². The van der Waals surface area contributed by atoms with Crippen molar-refractivity contribution in [1.82, 2.24) is 19.8 Å². The van der Waals surface area contributed by atoms with Gasteiger partial charge in [0.1, 0.15) is 0 Å². The van der Waals surface area contributed by atoms with Crippen molar-refractivity contribution >= 4 is 6.03 Å². The zero-order valence-electron chi connectivity index (χ0n) is 13.6. The molecule has 1 heterocycles. The number of imidazole rings is 1. The van der Waals surface area contributed by atoms with Crippen LogP contribution in [0.1, 0.15) is 31.9 Å². The van der Waals surface area contributed by atoms with Crippen LogP contribution in [0.4, 0.5) is 4.79 Å². The topological polar surface area (TPSA) is 70.4 Å². The number of nitrogens with zero attached hydrogens (tertiary/aromatic N) is 3. The van der Waals surface area contributed by atoms with Gasteiger partial charge in [0.25, 0.3) is 0 Å². The smallest absolute Gasteiger partial charge is 0.317 e. The van der Waals surface area contributed by atoms with Crippen LogP contribution in [0.3, 0.4) is 0 Å². The fourth-order valence-electron chi connectivity index (χ4n) is 2.43. The number of carbonyl (C=O) groups excluding carboxylic acids is 1. The van der Waals surface area contributed by atoms with E-state index in [2.05, 4.69) is 10.3 Å². The maximum atomic E-state index is 12.3. The second-order valence-electron chi connectivity index (χ2n) is 5.45. The van der Waals surface area contributed by atoms with E-state index < -0.39 is 0 Å². The molecule has 1 aromatic carbocycles. The van der Waals surface area contributed by atoms with E-state index in [1.807, 2.05) is 48.9 Å². The summed E-state index contributed by atoms with van der Waals surface area (Å²) in [7, 11) is 0. The number of hydrogen-bond acceptors (Lipinski definition) is 3. The van der Waals surface area contributed by atoms with E-state index in [0.717, 1.165) is 17.7 Å². The molecule has 0 bridgehead atoms. The summed E-state index contributed by atoms with van der Waals surface area (Å²) in [6.07, 6.45) is 6.21. The molecule has 2 N–H and O–H groups in total. The number of carbonyl (C=O) groups is 1. The zero-order valence-corrected chi connectivity index (χ0v) is 13.6. The maximum Gasteiger partial charge on any atom is 0.317 e. The summed E-state index contributed by atoms with van der Waals surface area (Å²) in [4.78, 5) is 18.0. The SMILES string of the molecule is CCCN(CCO)C(=O)NC(C)c1cccc(-n2ccnc2)c1. The molecule has 0 spiro atoms. The molecule has 1 atom stereocenters. The summed E-state index contributed by atoms with van der Waals surface area (Å²) >= 11 is 0. The van der Waals surface area contributed by atoms with Gasteiger partial charge in [0, 0.05) is 31.2 Å². The second kappa shape index (κ2) is 8.33. The van der Waals surface area contributed by atoms with Crippen molar-refractivity contribution in [2.75, 3.05) is 19.7 Å². The second-order valence-corrected chi connectivity index (χ2v) is 5.45. The predicted octanol–water partition coefficient (Wildman–Crippen LogP) is 2.35. The van der Waals surface area contributed by atoms with Gasteiger partial charge in [-0.3, -0.25) is 0 Å². The summed E-state index contributed by atoms with van der Waals surface area (Å²) in [5.41, 5.74) is 2.02. The molecule has 0 saturated carbocycles. The number of nitrogens with one attached hydrogen (secondary N) is 1. The van der Waals surface area contributed by atoms with E-state index in [1.165, 1.54) is 0 Å². The first-order valence-electron chi connectivity index (χ1n) is 7.90. The summed E-state index contributed by atoms with van der Waals surface area (Å²) in [6, 6.07) is 7.70. The van der Waals surface area contributed by atoms with E-state index in [-0.39, 0.29) is 18.7 Å². The van der Waals surface area contributed by atoms with Gasteiger partial charge < -0.3 is 19.9 Å². The van der Waals surface area contributed by atoms with Gasteiger partial charge in [-0.05, 0) is 31.0 Å². The van der Waals surface area contributed by atoms with Crippen LogP contribution in [0.15, 0.2) is 43.0 Å². The van der Waals surface area contributed by atoms with E-state index in [4.69, 9.17) is 5.11 Å². The Bertz CT molecular complexity index is 607. The minimum atomic E-state index is -0.151. The van der Waals surface area contributed by atoms with Gasteiger partial charge in [-0.25, -0.2) is 9.78 Å². The van der Waals surface area contributed by atoms with Crippen molar-refractivity contribution in [3.8, 4) is 5.69 Å². The maximum absolute atomic E-state index is 12.3. The number of aliphatic hydroxyl groups is 1. The predicted molar refractivity (Wildman–Crippen MR) is 89.5 cm³/mol. The van der Waals surface area contributed by atoms with Gasteiger partial charge >= 0.3 is 6.03 Å². The lowest BCUT2D eigenvalue weighted by Crippen LogP contribution is -2.42. The van der Waals surface area contributed by atoms with Crippen LogP contribution >= 0.6 is 0 Å². The van der Waals surface area contributed by atoms with Gasteiger partial charge in [0.05, 0.1) is 19.0 Å². The number of rotatable bonds is 7. The highest BCUT2D eigenvalue weighted by Gasteiger charge is 2.15. The average molecular weight is 316 g/mol. The molecule has 0 fully saturated rings. The lowest BCUT2D eigenvalue weighted by atomic mass is 10.1. The normalized spacial score (nSPS) is 12.0. The van der Waals surface area contributed by atoms with Crippen molar-refractivity contribution in [2.24, 2.45) is 0 Å². The molecule has 124 valence electrons. The van der Waals surface area contributed by atoms with E-state index in [0.29, 0.717) is 13.1 Å². The molecular formula is C17H24N4O2. The first-order valence-corrected chi connectivity index (χ1v) is 7.90. The largest absolute Gasteiger partial charge is 0.395 e. The molecule has 0 aliphatic rings. The van der Waals surface area contributed by atoms with Gasteiger partial charge in [-0.15, -0.1) is 0 Å². The van der Waals surface area contributed by atoms with Gasteiger partial charge in [-0.2, -0.15) is 0 Å². The standard InChI is InChI=1S/C17H24N4O2/c1-3-8-20(10-11-22)17(23)19-14(2)15-5-4-6-16(12-15)21-9-7-18-13-21/h4-7,9,12-14,22H,3,8,10-11H2,1-2H3,(H,19,23). The Kier molecular flexibility index (Phi) is 6.17. The number of urea groups is 1. The van der Waals surface area contributed by atoms with Crippen molar-refractivity contribution in [3.05, 3.63) is 48.5 Å². The Morgan fingerprint density at radius 2 is 2.26 bits per heavy atom. The third kappa shape index (κ3) is 4.56. The highest BCUT2D eigenvalue weighted by Crippen LogP contribution is 2.17. The molecule has 6 nitrogen and oxygen atoms in total. The summed E-state index contributed by atoms with van der Waals surface area (Å²) in [6.45, 7) is 4.91. The number of aromatic nitrogens is 2. The Morgan fingerprint density at radius 1 is 1.43 bits per heavy atom. The fraction of sp³-hybridized carbons (Fsp3) is 0.412. The van der Waals surface area contributed by atoms with Crippen LogP contribution in [-0.2, 0) is 0 Å². The molecule has 0 aliphatic carbocycles. The highest BCUT2D eigenvalue weighted by atomic mass is 16.3. The lowest BCUT2D eigenvalue weighted by Gasteiger charge is -2.24. The minimum Gasteiger partial charge on any atom is -0.395 e. The van der Waals surface area contributed by atoms with Gasteiger partial charge in [0.15, 0.2) is 0 Å².